The molecule has 1 aromatic heterocycles. The molecule has 1 heterocycles. The third-order valence-corrected chi connectivity index (χ3v) is 3.08. The molecular weight excluding hydrogens is 276 g/mol. The first kappa shape index (κ1) is 13.0. The van der Waals surface area contributed by atoms with Gasteiger partial charge in [0.25, 0.3) is 0 Å². The van der Waals surface area contributed by atoms with E-state index < -0.39 is 11.2 Å². The first-order valence-corrected chi connectivity index (χ1v) is 6.02. The molecule has 90 valence electrons. The van der Waals surface area contributed by atoms with E-state index in [9.17, 15) is 9.59 Å². The first-order chi connectivity index (χ1) is 7.57. The fraction of sp³-hybridized carbons (Fsp3) is 0.600. The molecule has 16 heavy (non-hydrogen) atoms. The summed E-state index contributed by atoms with van der Waals surface area (Å²) in [6.07, 6.45) is 2.90. The van der Waals surface area contributed by atoms with E-state index in [-0.39, 0.29) is 0 Å². The number of nitrogens with zero attached hydrogens (tertiary/aromatic N) is 1. The maximum Gasteiger partial charge on any atom is 0.362 e. The van der Waals surface area contributed by atoms with Crippen molar-refractivity contribution in [2.45, 2.75) is 33.1 Å². The van der Waals surface area contributed by atoms with Crippen LogP contribution in [0.1, 0.15) is 31.9 Å². The van der Waals surface area contributed by atoms with Gasteiger partial charge in [-0.05, 0) is 29.3 Å². The topological polar surface area (TPSA) is 64.1 Å². The summed E-state index contributed by atoms with van der Waals surface area (Å²) < 4.78 is 1.08. The smallest absolute Gasteiger partial charge is 0.362 e. The normalized spacial score (nSPS) is 10.4. The molecule has 0 aliphatic carbocycles. The zero-order chi connectivity index (χ0) is 12.1. The Labute approximate surface area is 102 Å². The first-order valence-electron chi connectivity index (χ1n) is 5.22. The standard InChI is InChI=1S/C10H15BrN2O3/c1-3-4-5-6-16-13-9(14)8(11)7(2)12-10(13)15/h3-6H2,1-2H3,(H,12,15). The number of halogens is 1. The lowest BCUT2D eigenvalue weighted by Gasteiger charge is -2.07. The molecule has 0 aromatic carbocycles. The zero-order valence-corrected chi connectivity index (χ0v) is 11.0. The Bertz CT molecular complexity index is 464. The summed E-state index contributed by atoms with van der Waals surface area (Å²) >= 11 is 3.10. The number of hydrogen-bond donors (Lipinski definition) is 1. The number of aryl methyl sites for hydroxylation is 1. The number of unbranched alkanes of at least 4 members (excludes halogenated alkanes) is 2. The summed E-state index contributed by atoms with van der Waals surface area (Å²) in [5, 5.41) is 0. The fourth-order valence-electron chi connectivity index (χ4n) is 1.23. The molecule has 0 fully saturated rings. The summed E-state index contributed by atoms with van der Waals surface area (Å²) in [6, 6.07) is 0. The van der Waals surface area contributed by atoms with Crippen molar-refractivity contribution in [1.29, 1.82) is 0 Å². The van der Waals surface area contributed by atoms with E-state index in [1.807, 2.05) is 0 Å². The molecule has 0 atom stereocenters. The molecule has 0 radical (unpaired) electrons. The minimum atomic E-state index is -0.540. The predicted octanol–water partition coefficient (Wildman–Crippen LogP) is 1.23. The summed E-state index contributed by atoms with van der Waals surface area (Å²) in [5.41, 5.74) is -0.497. The fourth-order valence-corrected chi connectivity index (χ4v) is 1.49. The van der Waals surface area contributed by atoms with Gasteiger partial charge in [-0.3, -0.25) is 4.79 Å². The van der Waals surface area contributed by atoms with E-state index in [1.165, 1.54) is 0 Å². The van der Waals surface area contributed by atoms with Gasteiger partial charge in [0, 0.05) is 5.69 Å². The van der Waals surface area contributed by atoms with Crippen molar-refractivity contribution in [3.63, 3.8) is 0 Å². The Morgan fingerprint density at radius 2 is 2.06 bits per heavy atom. The van der Waals surface area contributed by atoms with Crippen LogP contribution in [0.3, 0.4) is 0 Å². The predicted molar refractivity (Wildman–Crippen MR) is 64.7 cm³/mol. The second-order valence-corrected chi connectivity index (χ2v) is 4.30. The molecule has 1 N–H and O–H groups in total. The largest absolute Gasteiger partial charge is 0.406 e. The van der Waals surface area contributed by atoms with E-state index in [0.29, 0.717) is 16.8 Å². The van der Waals surface area contributed by atoms with Gasteiger partial charge in [0.2, 0.25) is 0 Å². The van der Waals surface area contributed by atoms with Crippen LogP contribution in [0.15, 0.2) is 14.1 Å². The highest BCUT2D eigenvalue weighted by Gasteiger charge is 2.09. The van der Waals surface area contributed by atoms with Crippen LogP contribution in [-0.4, -0.2) is 16.3 Å². The quantitative estimate of drug-likeness (QED) is 0.830. The maximum absolute atomic E-state index is 11.6. The van der Waals surface area contributed by atoms with E-state index in [4.69, 9.17) is 4.84 Å². The Morgan fingerprint density at radius 1 is 1.38 bits per heavy atom. The molecule has 0 aliphatic rings. The average molecular weight is 291 g/mol. The Hall–Kier alpha value is -1.04. The van der Waals surface area contributed by atoms with Gasteiger partial charge in [0.05, 0.1) is 0 Å². The average Bonchev–Trinajstić information content (AvgIpc) is 2.25. The van der Waals surface area contributed by atoms with Crippen molar-refractivity contribution >= 4 is 15.9 Å². The number of hydrogen-bond acceptors (Lipinski definition) is 3. The maximum atomic E-state index is 11.6. The van der Waals surface area contributed by atoms with Gasteiger partial charge in [-0.2, -0.15) is 0 Å². The van der Waals surface area contributed by atoms with Crippen LogP contribution in [0.25, 0.3) is 0 Å². The number of rotatable bonds is 5. The van der Waals surface area contributed by atoms with Gasteiger partial charge < -0.3 is 9.82 Å². The van der Waals surface area contributed by atoms with Crippen LogP contribution in [0.5, 0.6) is 0 Å². The van der Waals surface area contributed by atoms with Crippen LogP contribution in [0, 0.1) is 6.92 Å². The molecule has 0 spiro atoms. The van der Waals surface area contributed by atoms with Crippen LogP contribution >= 0.6 is 15.9 Å². The van der Waals surface area contributed by atoms with Crippen molar-refractivity contribution in [2.24, 2.45) is 0 Å². The molecule has 0 saturated heterocycles. The third-order valence-electron chi connectivity index (χ3n) is 2.15. The van der Waals surface area contributed by atoms with Crippen molar-refractivity contribution < 1.29 is 4.84 Å². The van der Waals surface area contributed by atoms with Crippen LogP contribution in [0.2, 0.25) is 0 Å². The molecule has 1 rings (SSSR count). The third kappa shape index (κ3) is 2.98. The number of aromatic nitrogens is 2. The Morgan fingerprint density at radius 3 is 2.69 bits per heavy atom. The molecule has 0 aliphatic heterocycles. The van der Waals surface area contributed by atoms with Crippen LogP contribution in [-0.2, 0) is 0 Å². The van der Waals surface area contributed by atoms with Crippen molar-refractivity contribution in [2.75, 3.05) is 6.61 Å². The lowest BCUT2D eigenvalue weighted by atomic mass is 10.3. The Kier molecular flexibility index (Phi) is 4.79. The zero-order valence-electron chi connectivity index (χ0n) is 9.38. The van der Waals surface area contributed by atoms with E-state index in [0.717, 1.165) is 24.0 Å². The van der Waals surface area contributed by atoms with E-state index >= 15 is 0 Å². The highest BCUT2D eigenvalue weighted by molar-refractivity contribution is 9.10. The molecule has 6 heteroatoms. The van der Waals surface area contributed by atoms with Gasteiger partial charge in [-0.25, -0.2) is 4.79 Å². The lowest BCUT2D eigenvalue weighted by molar-refractivity contribution is 0.0875. The lowest BCUT2D eigenvalue weighted by Crippen LogP contribution is -2.41. The van der Waals surface area contributed by atoms with Gasteiger partial charge >= 0.3 is 11.2 Å². The van der Waals surface area contributed by atoms with E-state index in [1.54, 1.807) is 6.92 Å². The number of nitrogens with one attached hydrogen (secondary N) is 1. The summed E-state index contributed by atoms with van der Waals surface area (Å²) in [7, 11) is 0. The second-order valence-electron chi connectivity index (χ2n) is 3.51. The molecule has 0 bridgehead atoms. The van der Waals surface area contributed by atoms with Crippen LogP contribution < -0.4 is 16.1 Å². The number of aromatic amines is 1. The van der Waals surface area contributed by atoms with Crippen molar-refractivity contribution in [3.8, 4) is 0 Å². The minimum absolute atomic E-state index is 0.322. The van der Waals surface area contributed by atoms with Crippen molar-refractivity contribution in [1.82, 2.24) is 9.71 Å². The Balaban J connectivity index is 2.85. The summed E-state index contributed by atoms with van der Waals surface area (Å²) in [4.78, 5) is 30.7. The highest BCUT2D eigenvalue weighted by Crippen LogP contribution is 2.03. The molecule has 0 unspecified atom stereocenters. The summed E-state index contributed by atoms with van der Waals surface area (Å²) in [5.74, 6) is 0. The van der Waals surface area contributed by atoms with Gasteiger partial charge in [0.1, 0.15) is 11.1 Å². The van der Waals surface area contributed by atoms with Gasteiger partial charge in [0.15, 0.2) is 0 Å². The second kappa shape index (κ2) is 5.89. The number of H-pyrrole nitrogens is 1. The molecular formula is C10H15BrN2O3. The van der Waals surface area contributed by atoms with Crippen LogP contribution in [0.4, 0.5) is 0 Å². The highest BCUT2D eigenvalue weighted by atomic mass is 79.9. The van der Waals surface area contributed by atoms with Gasteiger partial charge in [-0.15, -0.1) is 0 Å². The molecule has 0 amide bonds. The SMILES string of the molecule is CCCCCOn1c(=O)[nH]c(C)c(Br)c1=O. The molecule has 5 nitrogen and oxygen atoms in total. The van der Waals surface area contributed by atoms with Gasteiger partial charge in [-0.1, -0.05) is 24.5 Å². The minimum Gasteiger partial charge on any atom is -0.406 e. The van der Waals surface area contributed by atoms with E-state index in [2.05, 4.69) is 27.8 Å². The van der Waals surface area contributed by atoms with Crippen molar-refractivity contribution in [3.05, 3.63) is 31.0 Å². The monoisotopic (exact) mass is 290 g/mol. The molecule has 0 saturated carbocycles. The molecule has 1 aromatic rings. The summed E-state index contributed by atoms with van der Waals surface area (Å²) in [6.45, 7) is 4.09.